The number of carbonyl (C=O) groups excluding carboxylic acids is 1. The summed E-state index contributed by atoms with van der Waals surface area (Å²) in [6.45, 7) is 8.30. The van der Waals surface area contributed by atoms with Gasteiger partial charge in [-0.25, -0.2) is 0 Å². The van der Waals surface area contributed by atoms with Crippen LogP contribution in [0.4, 0.5) is 0 Å². The highest BCUT2D eigenvalue weighted by atomic mass is 16.7. The summed E-state index contributed by atoms with van der Waals surface area (Å²) >= 11 is 0. The number of ether oxygens (including phenoxy) is 4. The van der Waals surface area contributed by atoms with Crippen LogP contribution in [-0.4, -0.2) is 55.4 Å². The summed E-state index contributed by atoms with van der Waals surface area (Å²) in [4.78, 5) is 15.4. The van der Waals surface area contributed by atoms with Gasteiger partial charge in [-0.2, -0.15) is 0 Å². The van der Waals surface area contributed by atoms with E-state index in [4.69, 9.17) is 18.9 Å². The van der Waals surface area contributed by atoms with Crippen molar-refractivity contribution in [2.24, 2.45) is 5.92 Å². The van der Waals surface area contributed by atoms with Gasteiger partial charge in [-0.15, -0.1) is 0 Å². The number of rotatable bonds is 8. The molecule has 2 aromatic rings. The van der Waals surface area contributed by atoms with Crippen LogP contribution in [0.5, 0.6) is 17.2 Å². The van der Waals surface area contributed by atoms with Crippen LogP contribution in [0.25, 0.3) is 0 Å². The molecule has 0 bridgehead atoms. The smallest absolute Gasteiger partial charge is 0.199 e. The Bertz CT molecular complexity index is 1000. The summed E-state index contributed by atoms with van der Waals surface area (Å²) < 4.78 is 23.8. The van der Waals surface area contributed by atoms with Crippen LogP contribution in [-0.2, 0) is 11.2 Å². The lowest BCUT2D eigenvalue weighted by atomic mass is 9.96. The van der Waals surface area contributed by atoms with E-state index in [1.165, 1.54) is 6.42 Å². The van der Waals surface area contributed by atoms with Crippen molar-refractivity contribution in [3.8, 4) is 17.2 Å². The number of carbonyl (C=O) groups is 1. The van der Waals surface area contributed by atoms with Gasteiger partial charge in [0.2, 0.25) is 0 Å². The summed E-state index contributed by atoms with van der Waals surface area (Å²) in [6.07, 6.45) is 4.97. The lowest BCUT2D eigenvalue weighted by Crippen LogP contribution is -2.35. The SMILES string of the molecule is C[C@@H]1CCN([C@@H](C)COc2ccc(CC3CC(=O)c4cc(OC5CCCCO5)ccc4O3)cc2)C1. The van der Waals surface area contributed by atoms with Crippen LogP contribution in [0.3, 0.4) is 0 Å². The Kier molecular flexibility index (Phi) is 7.59. The molecule has 3 aliphatic heterocycles. The zero-order valence-electron chi connectivity index (χ0n) is 20.9. The second kappa shape index (κ2) is 11.0. The van der Waals surface area contributed by atoms with Crippen molar-refractivity contribution in [3.63, 3.8) is 0 Å². The molecule has 0 amide bonds. The maximum atomic E-state index is 12.9. The van der Waals surface area contributed by atoms with Gasteiger partial charge >= 0.3 is 0 Å². The molecule has 2 fully saturated rings. The molecule has 0 spiro atoms. The van der Waals surface area contributed by atoms with E-state index < -0.39 is 0 Å². The van der Waals surface area contributed by atoms with Crippen LogP contribution in [0.1, 0.15) is 61.9 Å². The predicted molar refractivity (Wildman–Crippen MR) is 134 cm³/mol. The zero-order chi connectivity index (χ0) is 24.2. The molecule has 2 aromatic carbocycles. The molecule has 3 aliphatic rings. The van der Waals surface area contributed by atoms with E-state index in [1.54, 1.807) is 6.07 Å². The lowest BCUT2D eigenvalue weighted by Gasteiger charge is -2.27. The zero-order valence-corrected chi connectivity index (χ0v) is 20.9. The summed E-state index contributed by atoms with van der Waals surface area (Å²) in [5.74, 6) is 3.05. The molecule has 0 N–H and O–H groups in total. The minimum absolute atomic E-state index is 0.0939. The van der Waals surface area contributed by atoms with Crippen molar-refractivity contribution in [2.45, 2.75) is 70.8 Å². The predicted octanol–water partition coefficient (Wildman–Crippen LogP) is 5.28. The molecule has 2 saturated heterocycles. The van der Waals surface area contributed by atoms with Gasteiger partial charge in [0.05, 0.1) is 12.2 Å². The number of nitrogens with zero attached hydrogens (tertiary/aromatic N) is 1. The van der Waals surface area contributed by atoms with Crippen LogP contribution >= 0.6 is 0 Å². The molecular weight excluding hydrogens is 442 g/mol. The van der Waals surface area contributed by atoms with Crippen molar-refractivity contribution in [1.29, 1.82) is 0 Å². The fraction of sp³-hybridized carbons (Fsp3) is 0.552. The van der Waals surface area contributed by atoms with E-state index in [-0.39, 0.29) is 18.2 Å². The Morgan fingerprint density at radius 1 is 1.09 bits per heavy atom. The first-order valence-electron chi connectivity index (χ1n) is 13.1. The molecule has 0 radical (unpaired) electrons. The fourth-order valence-corrected chi connectivity index (χ4v) is 5.19. The first kappa shape index (κ1) is 24.1. The van der Waals surface area contributed by atoms with E-state index in [0.717, 1.165) is 56.2 Å². The van der Waals surface area contributed by atoms with Gasteiger partial charge in [-0.1, -0.05) is 19.1 Å². The third-order valence-electron chi connectivity index (χ3n) is 7.32. The van der Waals surface area contributed by atoms with Crippen LogP contribution in [0, 0.1) is 5.92 Å². The molecule has 0 aromatic heterocycles. The Morgan fingerprint density at radius 3 is 2.66 bits per heavy atom. The first-order chi connectivity index (χ1) is 17.0. The third kappa shape index (κ3) is 6.17. The van der Waals surface area contributed by atoms with Gasteiger partial charge in [-0.05, 0) is 74.5 Å². The van der Waals surface area contributed by atoms with Gasteiger partial charge in [0, 0.05) is 31.8 Å². The normalized spacial score (nSPS) is 25.5. The highest BCUT2D eigenvalue weighted by molar-refractivity contribution is 6.00. The molecule has 188 valence electrons. The second-order valence-electron chi connectivity index (χ2n) is 10.3. The van der Waals surface area contributed by atoms with Crippen LogP contribution < -0.4 is 14.2 Å². The van der Waals surface area contributed by atoms with Crippen LogP contribution in [0.15, 0.2) is 42.5 Å². The summed E-state index contributed by atoms with van der Waals surface area (Å²) in [5, 5.41) is 0. The topological polar surface area (TPSA) is 57.2 Å². The van der Waals surface area contributed by atoms with E-state index in [9.17, 15) is 4.79 Å². The summed E-state index contributed by atoms with van der Waals surface area (Å²) in [7, 11) is 0. The van der Waals surface area contributed by atoms with E-state index in [1.807, 2.05) is 24.3 Å². The van der Waals surface area contributed by atoms with E-state index >= 15 is 0 Å². The number of Topliss-reactive ketones (excluding diaryl/α,β-unsaturated/α-hetero) is 1. The number of hydrogen-bond acceptors (Lipinski definition) is 6. The molecule has 5 rings (SSSR count). The van der Waals surface area contributed by atoms with Gasteiger partial charge in [-0.3, -0.25) is 9.69 Å². The lowest BCUT2D eigenvalue weighted by molar-refractivity contribution is -0.105. The minimum Gasteiger partial charge on any atom is -0.492 e. The van der Waals surface area contributed by atoms with Gasteiger partial charge in [0.1, 0.15) is 30.0 Å². The maximum absolute atomic E-state index is 12.9. The molecular formula is C29H37NO5. The Labute approximate surface area is 208 Å². The standard InChI is InChI=1S/C29H37NO5/c1-20-12-13-30(18-20)21(2)19-33-23-8-6-22(7-9-23)15-25-17-27(31)26-16-24(10-11-28(26)34-25)35-29-5-3-4-14-32-29/h6-11,16,20-21,25,29H,3-5,12-15,17-19H2,1-2H3/t20-,21+,25?,29?/m1/s1. The highest BCUT2D eigenvalue weighted by Gasteiger charge is 2.28. The second-order valence-corrected chi connectivity index (χ2v) is 10.3. The number of ketones is 1. The number of likely N-dealkylation sites (tertiary alicyclic amines) is 1. The van der Waals surface area contributed by atoms with Crippen LogP contribution in [0.2, 0.25) is 0 Å². The third-order valence-corrected chi connectivity index (χ3v) is 7.32. The quantitative estimate of drug-likeness (QED) is 0.514. The number of hydrogen-bond donors (Lipinski definition) is 0. The monoisotopic (exact) mass is 479 g/mol. The molecule has 2 unspecified atom stereocenters. The van der Waals surface area contributed by atoms with Crippen molar-refractivity contribution in [3.05, 3.63) is 53.6 Å². The van der Waals surface area contributed by atoms with Crippen molar-refractivity contribution >= 4 is 5.78 Å². The largest absolute Gasteiger partial charge is 0.492 e. The Morgan fingerprint density at radius 2 is 1.91 bits per heavy atom. The minimum atomic E-state index is -0.228. The molecule has 6 heteroatoms. The number of benzene rings is 2. The average molecular weight is 480 g/mol. The molecule has 0 aliphatic carbocycles. The molecule has 4 atom stereocenters. The summed E-state index contributed by atoms with van der Waals surface area (Å²) in [6, 6.07) is 14.1. The number of fused-ring (bicyclic) bond motifs is 1. The molecule has 0 saturated carbocycles. The van der Waals surface area contributed by atoms with E-state index in [2.05, 4.69) is 30.9 Å². The Balaban J connectivity index is 1.13. The fourth-order valence-electron chi connectivity index (χ4n) is 5.19. The van der Waals surface area contributed by atoms with Gasteiger partial charge in [0.15, 0.2) is 12.1 Å². The average Bonchev–Trinajstić information content (AvgIpc) is 3.31. The molecule has 3 heterocycles. The molecule has 35 heavy (non-hydrogen) atoms. The van der Waals surface area contributed by atoms with Crippen molar-refractivity contribution in [1.82, 2.24) is 4.90 Å². The van der Waals surface area contributed by atoms with Gasteiger partial charge in [0.25, 0.3) is 0 Å². The van der Waals surface area contributed by atoms with Crippen molar-refractivity contribution < 1.29 is 23.7 Å². The maximum Gasteiger partial charge on any atom is 0.199 e. The summed E-state index contributed by atoms with van der Waals surface area (Å²) in [5.41, 5.74) is 1.73. The first-order valence-corrected chi connectivity index (χ1v) is 13.1. The van der Waals surface area contributed by atoms with E-state index in [0.29, 0.717) is 42.6 Å². The van der Waals surface area contributed by atoms with Crippen molar-refractivity contribution in [2.75, 3.05) is 26.3 Å². The van der Waals surface area contributed by atoms with Gasteiger partial charge < -0.3 is 18.9 Å². The Hall–Kier alpha value is -2.57. The molecule has 6 nitrogen and oxygen atoms in total. The highest BCUT2D eigenvalue weighted by Crippen LogP contribution is 2.33.